The van der Waals surface area contributed by atoms with Crippen LogP contribution in [0, 0.1) is 23.7 Å². The zero-order valence-electron chi connectivity index (χ0n) is 21.5. The van der Waals surface area contributed by atoms with E-state index >= 15 is 0 Å². The number of benzene rings is 1. The topological polar surface area (TPSA) is 47.4 Å². The van der Waals surface area contributed by atoms with Crippen molar-refractivity contribution in [2.24, 2.45) is 11.8 Å². The van der Waals surface area contributed by atoms with Crippen molar-refractivity contribution in [3.05, 3.63) is 51.4 Å². The predicted molar refractivity (Wildman–Crippen MR) is 146 cm³/mol. The van der Waals surface area contributed by atoms with Crippen molar-refractivity contribution in [3.8, 4) is 23.3 Å². The SMILES string of the molecule is CC(C)CCc1cc(-n2cnc3cc(C#CC4CC4)sc3c2=O)ccc1OC1C[C@H]2CC[C@@H](C1)N2C. The minimum absolute atomic E-state index is 0.0279. The highest BCUT2D eigenvalue weighted by Crippen LogP contribution is 2.37. The molecule has 3 fully saturated rings. The largest absolute Gasteiger partial charge is 0.490 e. The third-order valence-electron chi connectivity index (χ3n) is 8.08. The van der Waals surface area contributed by atoms with Gasteiger partial charge in [0, 0.05) is 18.0 Å². The molecule has 2 saturated heterocycles. The molecule has 0 spiro atoms. The zero-order valence-corrected chi connectivity index (χ0v) is 22.3. The molecule has 1 saturated carbocycles. The van der Waals surface area contributed by atoms with Crippen LogP contribution in [0.3, 0.4) is 0 Å². The Balaban J connectivity index is 1.30. The summed E-state index contributed by atoms with van der Waals surface area (Å²) in [7, 11) is 2.26. The van der Waals surface area contributed by atoms with E-state index in [-0.39, 0.29) is 11.7 Å². The average molecular weight is 502 g/mol. The Hall–Kier alpha value is -2.62. The maximum atomic E-state index is 13.4. The number of thiophene rings is 1. The Labute approximate surface area is 217 Å². The van der Waals surface area contributed by atoms with Crippen LogP contribution < -0.4 is 10.3 Å². The number of piperidine rings is 1. The minimum atomic E-state index is -0.0279. The number of fused-ring (bicyclic) bond motifs is 3. The smallest absolute Gasteiger partial charge is 0.275 e. The summed E-state index contributed by atoms with van der Waals surface area (Å²) < 4.78 is 9.00. The van der Waals surface area contributed by atoms with Gasteiger partial charge in [0.05, 0.1) is 16.1 Å². The fourth-order valence-electron chi connectivity index (χ4n) is 5.67. The van der Waals surface area contributed by atoms with Crippen molar-refractivity contribution in [1.29, 1.82) is 0 Å². The van der Waals surface area contributed by atoms with Crippen LogP contribution in [0.5, 0.6) is 5.75 Å². The Morgan fingerprint density at radius 3 is 2.64 bits per heavy atom. The molecule has 6 rings (SSSR count). The van der Waals surface area contributed by atoms with Crippen molar-refractivity contribution < 1.29 is 4.74 Å². The number of ether oxygens (including phenoxy) is 1. The van der Waals surface area contributed by atoms with Crippen LogP contribution in [-0.2, 0) is 6.42 Å². The van der Waals surface area contributed by atoms with Crippen molar-refractivity contribution >= 4 is 21.6 Å². The zero-order chi connectivity index (χ0) is 24.8. The summed E-state index contributed by atoms with van der Waals surface area (Å²) in [6, 6.07) is 9.45. The van der Waals surface area contributed by atoms with Crippen molar-refractivity contribution in [1.82, 2.24) is 14.5 Å². The number of hydrogen-bond acceptors (Lipinski definition) is 5. The van der Waals surface area contributed by atoms with Crippen LogP contribution in [0.1, 0.15) is 69.2 Å². The molecule has 3 aliphatic rings. The van der Waals surface area contributed by atoms with E-state index in [0.29, 0.717) is 28.6 Å². The van der Waals surface area contributed by atoms with Crippen LogP contribution >= 0.6 is 11.3 Å². The first-order chi connectivity index (χ1) is 17.4. The van der Waals surface area contributed by atoms with E-state index in [1.54, 1.807) is 10.9 Å². The molecule has 4 heterocycles. The molecule has 2 aromatic heterocycles. The number of nitrogens with zero attached hydrogens (tertiary/aromatic N) is 3. The highest BCUT2D eigenvalue weighted by Gasteiger charge is 2.39. The maximum absolute atomic E-state index is 13.4. The molecule has 0 amide bonds. The van der Waals surface area contributed by atoms with Crippen molar-refractivity contribution in [2.75, 3.05) is 7.05 Å². The fourth-order valence-corrected chi connectivity index (χ4v) is 6.57. The quantitative estimate of drug-likeness (QED) is 0.401. The molecule has 188 valence electrons. The van der Waals surface area contributed by atoms with Crippen LogP contribution in [0.25, 0.3) is 15.9 Å². The molecule has 36 heavy (non-hydrogen) atoms. The molecule has 2 aliphatic heterocycles. The first-order valence-electron chi connectivity index (χ1n) is 13.5. The second-order valence-electron chi connectivity index (χ2n) is 11.3. The van der Waals surface area contributed by atoms with E-state index < -0.39 is 0 Å². The molecule has 1 aromatic carbocycles. The van der Waals surface area contributed by atoms with Gasteiger partial charge in [-0.1, -0.05) is 25.7 Å². The molecule has 1 aliphatic carbocycles. The highest BCUT2D eigenvalue weighted by atomic mass is 32.1. The normalized spacial score (nSPS) is 23.7. The van der Waals surface area contributed by atoms with Gasteiger partial charge >= 0.3 is 0 Å². The van der Waals surface area contributed by atoms with Gasteiger partial charge < -0.3 is 9.64 Å². The van der Waals surface area contributed by atoms with E-state index in [2.05, 4.69) is 54.8 Å². The first kappa shape index (κ1) is 23.8. The van der Waals surface area contributed by atoms with Gasteiger partial charge in [0.15, 0.2) is 0 Å². The summed E-state index contributed by atoms with van der Waals surface area (Å²) in [5.41, 5.74) is 2.74. The lowest BCUT2D eigenvalue weighted by atomic mass is 9.99. The van der Waals surface area contributed by atoms with Gasteiger partial charge in [0.2, 0.25) is 0 Å². The van der Waals surface area contributed by atoms with Gasteiger partial charge in [-0.05, 0) is 94.2 Å². The molecule has 1 unspecified atom stereocenters. The molecule has 3 aromatic rings. The van der Waals surface area contributed by atoms with Crippen molar-refractivity contribution in [2.45, 2.75) is 83.4 Å². The van der Waals surface area contributed by atoms with Crippen LogP contribution in [0.4, 0.5) is 0 Å². The summed E-state index contributed by atoms with van der Waals surface area (Å²) >= 11 is 1.46. The second kappa shape index (κ2) is 9.68. The maximum Gasteiger partial charge on any atom is 0.275 e. The fraction of sp³-hybridized carbons (Fsp3) is 0.533. The monoisotopic (exact) mass is 501 g/mol. The van der Waals surface area contributed by atoms with Crippen molar-refractivity contribution in [3.63, 3.8) is 0 Å². The Bertz CT molecular complexity index is 1380. The van der Waals surface area contributed by atoms with Gasteiger partial charge in [-0.25, -0.2) is 4.98 Å². The summed E-state index contributed by atoms with van der Waals surface area (Å²) in [6.07, 6.45) is 11.1. The summed E-state index contributed by atoms with van der Waals surface area (Å²) in [5.74, 6) is 8.64. The van der Waals surface area contributed by atoms with Crippen LogP contribution in [0.15, 0.2) is 35.4 Å². The molecular formula is C30H35N3O2S. The molecule has 3 atom stereocenters. The third kappa shape index (κ3) is 4.84. The lowest BCUT2D eigenvalue weighted by Gasteiger charge is -2.36. The van der Waals surface area contributed by atoms with Gasteiger partial charge in [0.25, 0.3) is 5.56 Å². The number of hydrogen-bond donors (Lipinski definition) is 0. The summed E-state index contributed by atoms with van der Waals surface area (Å²) in [6.45, 7) is 4.50. The molecule has 5 nitrogen and oxygen atoms in total. The van der Waals surface area contributed by atoms with E-state index in [4.69, 9.17) is 4.74 Å². The van der Waals surface area contributed by atoms with E-state index in [0.717, 1.165) is 47.5 Å². The predicted octanol–water partition coefficient (Wildman–Crippen LogP) is 5.80. The lowest BCUT2D eigenvalue weighted by Crippen LogP contribution is -2.43. The van der Waals surface area contributed by atoms with Gasteiger partial charge in [0.1, 0.15) is 22.9 Å². The standard InChI is InChI=1S/C30H35N3O2S/c1-19(2)4-8-21-14-24(11-13-28(21)35-25-15-22-9-10-23(16-25)32(22)3)33-18-31-27-17-26(12-7-20-5-6-20)36-29(27)30(33)34/h11,13-14,17-20,22-23,25H,4-6,8-10,15-16H2,1-3H3/t22-,23+,25?. The van der Waals surface area contributed by atoms with E-state index in [1.807, 2.05) is 12.1 Å². The minimum Gasteiger partial charge on any atom is -0.490 e. The summed E-state index contributed by atoms with van der Waals surface area (Å²) in [4.78, 5) is 21.5. The molecular weight excluding hydrogens is 466 g/mol. The summed E-state index contributed by atoms with van der Waals surface area (Å²) in [5, 5.41) is 0. The second-order valence-corrected chi connectivity index (χ2v) is 12.3. The molecule has 0 N–H and O–H groups in total. The Morgan fingerprint density at radius 1 is 1.14 bits per heavy atom. The number of rotatable bonds is 6. The van der Waals surface area contributed by atoms with E-state index in [1.165, 1.54) is 42.6 Å². The number of aromatic nitrogens is 2. The highest BCUT2D eigenvalue weighted by molar-refractivity contribution is 7.19. The first-order valence-corrected chi connectivity index (χ1v) is 14.3. The Kier molecular flexibility index (Phi) is 6.39. The number of aryl methyl sites for hydroxylation is 1. The van der Waals surface area contributed by atoms with Gasteiger partial charge in [-0.2, -0.15) is 0 Å². The third-order valence-corrected chi connectivity index (χ3v) is 9.10. The average Bonchev–Trinajstić information content (AvgIpc) is 3.56. The van der Waals surface area contributed by atoms with Gasteiger partial charge in [-0.15, -0.1) is 11.3 Å². The van der Waals surface area contributed by atoms with Crippen LogP contribution in [0.2, 0.25) is 0 Å². The lowest BCUT2D eigenvalue weighted by molar-refractivity contribution is 0.0655. The van der Waals surface area contributed by atoms with E-state index in [9.17, 15) is 4.79 Å². The molecule has 0 radical (unpaired) electrons. The van der Waals surface area contributed by atoms with Crippen LogP contribution in [-0.4, -0.2) is 39.7 Å². The Morgan fingerprint density at radius 2 is 1.92 bits per heavy atom. The van der Waals surface area contributed by atoms with Gasteiger partial charge in [-0.3, -0.25) is 9.36 Å². The molecule has 2 bridgehead atoms. The molecule has 6 heteroatoms.